The lowest BCUT2D eigenvalue weighted by Crippen LogP contribution is -2.21. The van der Waals surface area contributed by atoms with Crippen molar-refractivity contribution in [1.82, 2.24) is 0 Å². The molecule has 11 heteroatoms. The molecule has 0 heterocycles. The molecule has 4 rings (SSSR count). The highest BCUT2D eigenvalue weighted by Gasteiger charge is 2.27. The number of amides is 2. The summed E-state index contributed by atoms with van der Waals surface area (Å²) in [5.74, 6) is -7.42. The summed E-state index contributed by atoms with van der Waals surface area (Å²) < 4.78 is 66.3. The summed E-state index contributed by atoms with van der Waals surface area (Å²) in [5, 5.41) is 3.69. The van der Waals surface area contributed by atoms with E-state index in [0.717, 1.165) is 11.8 Å². The van der Waals surface area contributed by atoms with Crippen LogP contribution in [0.5, 0.6) is 11.5 Å². The van der Waals surface area contributed by atoms with Crippen LogP contribution < -0.4 is 20.1 Å². The Hall–Kier alpha value is -4.51. The van der Waals surface area contributed by atoms with E-state index in [-0.39, 0.29) is 11.6 Å². The number of hydrogen-bond acceptors (Lipinski definition) is 5. The van der Waals surface area contributed by atoms with Gasteiger partial charge in [0.1, 0.15) is 28.0 Å². The SMILES string of the molecule is COc1cccc(OC)c1C(=O)Nc1ccc(SC(C(=O)Nc2c(F)c(F)cc(F)c2F)c2ccccc2)cc1. The molecular weight excluding hydrogens is 548 g/mol. The van der Waals surface area contributed by atoms with Gasteiger partial charge < -0.3 is 20.1 Å². The van der Waals surface area contributed by atoms with Gasteiger partial charge in [0.2, 0.25) is 5.91 Å². The molecule has 40 heavy (non-hydrogen) atoms. The van der Waals surface area contributed by atoms with E-state index in [2.05, 4.69) is 5.32 Å². The number of nitrogens with one attached hydrogen (secondary N) is 2. The Bertz CT molecular complexity index is 1490. The van der Waals surface area contributed by atoms with Gasteiger partial charge in [0.05, 0.1) is 14.2 Å². The first-order valence-corrected chi connectivity index (χ1v) is 12.6. The largest absolute Gasteiger partial charge is 0.496 e. The number of rotatable bonds is 9. The van der Waals surface area contributed by atoms with Crippen molar-refractivity contribution in [2.24, 2.45) is 0 Å². The highest BCUT2D eigenvalue weighted by atomic mass is 32.2. The van der Waals surface area contributed by atoms with E-state index in [1.54, 1.807) is 72.8 Å². The van der Waals surface area contributed by atoms with E-state index >= 15 is 0 Å². The topological polar surface area (TPSA) is 76.7 Å². The van der Waals surface area contributed by atoms with Gasteiger partial charge in [0, 0.05) is 16.6 Å². The molecule has 206 valence electrons. The van der Waals surface area contributed by atoms with E-state index in [1.165, 1.54) is 14.2 Å². The first-order valence-electron chi connectivity index (χ1n) is 11.7. The smallest absolute Gasteiger partial charge is 0.263 e. The number of carbonyl (C=O) groups is 2. The van der Waals surface area contributed by atoms with Gasteiger partial charge in [-0.25, -0.2) is 17.6 Å². The van der Waals surface area contributed by atoms with Crippen LogP contribution in [-0.2, 0) is 4.79 Å². The van der Waals surface area contributed by atoms with Crippen LogP contribution in [0.1, 0.15) is 21.2 Å². The molecule has 1 unspecified atom stereocenters. The monoisotopic (exact) mass is 570 g/mol. The number of thioether (sulfide) groups is 1. The number of halogens is 4. The summed E-state index contributed by atoms with van der Waals surface area (Å²) in [6, 6.07) is 19.8. The second kappa shape index (κ2) is 12.6. The van der Waals surface area contributed by atoms with Gasteiger partial charge in [-0.05, 0) is 42.0 Å². The maximum Gasteiger partial charge on any atom is 0.263 e. The fraction of sp³-hybridized carbons (Fsp3) is 0.103. The molecule has 0 aromatic heterocycles. The van der Waals surface area contributed by atoms with Crippen LogP contribution in [-0.4, -0.2) is 26.0 Å². The van der Waals surface area contributed by atoms with Crippen LogP contribution in [0.3, 0.4) is 0 Å². The number of benzene rings is 4. The molecule has 2 N–H and O–H groups in total. The maximum absolute atomic E-state index is 14.2. The van der Waals surface area contributed by atoms with Crippen molar-refractivity contribution in [3.8, 4) is 11.5 Å². The number of anilines is 2. The standard InChI is InChI=1S/C29H22F4N2O4S/c1-38-21-9-6-10-22(39-2)23(21)28(36)34-17-11-13-18(14-12-17)40-27(16-7-4-3-5-8-16)29(37)35-26-24(32)19(30)15-20(31)25(26)33/h3-15,27H,1-2H3,(H,34,36)(H,35,37). The van der Waals surface area contributed by atoms with E-state index in [4.69, 9.17) is 9.47 Å². The number of hydrogen-bond donors (Lipinski definition) is 2. The predicted molar refractivity (Wildman–Crippen MR) is 144 cm³/mol. The van der Waals surface area contributed by atoms with Crippen molar-refractivity contribution in [3.05, 3.63) is 113 Å². The molecule has 0 aliphatic heterocycles. The first kappa shape index (κ1) is 28.5. The van der Waals surface area contributed by atoms with Gasteiger partial charge in [-0.2, -0.15) is 0 Å². The van der Waals surface area contributed by atoms with Crippen LogP contribution in [0, 0.1) is 23.3 Å². The van der Waals surface area contributed by atoms with Crippen molar-refractivity contribution in [2.45, 2.75) is 10.1 Å². The van der Waals surface area contributed by atoms with Gasteiger partial charge in [-0.1, -0.05) is 36.4 Å². The van der Waals surface area contributed by atoms with Gasteiger partial charge in [0.15, 0.2) is 23.3 Å². The minimum Gasteiger partial charge on any atom is -0.496 e. The zero-order valence-corrected chi connectivity index (χ0v) is 22.0. The molecule has 0 saturated heterocycles. The van der Waals surface area contributed by atoms with Crippen LogP contribution in [0.4, 0.5) is 28.9 Å². The number of ether oxygens (including phenoxy) is 2. The zero-order valence-electron chi connectivity index (χ0n) is 21.1. The number of carbonyl (C=O) groups excluding carboxylic acids is 2. The zero-order chi connectivity index (χ0) is 28.8. The van der Waals surface area contributed by atoms with Crippen LogP contribution >= 0.6 is 11.8 Å². The highest BCUT2D eigenvalue weighted by Crippen LogP contribution is 2.38. The van der Waals surface area contributed by atoms with Crippen LogP contribution in [0.15, 0.2) is 83.8 Å². The predicted octanol–water partition coefficient (Wildman–Crippen LogP) is 6.98. The van der Waals surface area contributed by atoms with E-state index in [9.17, 15) is 27.2 Å². The van der Waals surface area contributed by atoms with Crippen molar-refractivity contribution in [2.75, 3.05) is 24.9 Å². The average molecular weight is 571 g/mol. The van der Waals surface area contributed by atoms with Gasteiger partial charge in [-0.15, -0.1) is 11.8 Å². The Morgan fingerprint density at radius 2 is 1.32 bits per heavy atom. The van der Waals surface area contributed by atoms with E-state index in [1.807, 2.05) is 5.32 Å². The minimum absolute atomic E-state index is 0.0635. The molecule has 2 amide bonds. The second-order valence-electron chi connectivity index (χ2n) is 8.26. The molecule has 4 aromatic carbocycles. The van der Waals surface area contributed by atoms with Crippen LogP contribution in [0.2, 0.25) is 0 Å². The maximum atomic E-state index is 14.2. The fourth-order valence-corrected chi connectivity index (χ4v) is 4.82. The molecule has 0 saturated carbocycles. The summed E-state index contributed by atoms with van der Waals surface area (Å²) in [7, 11) is 2.87. The summed E-state index contributed by atoms with van der Waals surface area (Å²) in [4.78, 5) is 26.6. The molecule has 4 aromatic rings. The van der Waals surface area contributed by atoms with Crippen molar-refractivity contribution >= 4 is 35.0 Å². The Morgan fingerprint density at radius 3 is 1.88 bits per heavy atom. The van der Waals surface area contributed by atoms with Gasteiger partial charge >= 0.3 is 0 Å². The molecule has 1 atom stereocenters. The van der Waals surface area contributed by atoms with Crippen molar-refractivity contribution in [1.29, 1.82) is 0 Å². The molecule has 0 aliphatic rings. The first-order chi connectivity index (χ1) is 19.2. The Labute approximate surface area is 231 Å². The molecule has 0 bridgehead atoms. The lowest BCUT2D eigenvalue weighted by atomic mass is 10.1. The fourth-order valence-electron chi connectivity index (χ4n) is 3.79. The summed E-state index contributed by atoms with van der Waals surface area (Å²) in [5.41, 5.74) is -0.0976. The van der Waals surface area contributed by atoms with E-state index < -0.39 is 46.0 Å². The van der Waals surface area contributed by atoms with Crippen LogP contribution in [0.25, 0.3) is 0 Å². The summed E-state index contributed by atoms with van der Waals surface area (Å²) in [6.07, 6.45) is 0. The Morgan fingerprint density at radius 1 is 0.750 bits per heavy atom. The quantitative estimate of drug-likeness (QED) is 0.129. The Kier molecular flexibility index (Phi) is 8.95. The molecule has 0 spiro atoms. The normalized spacial score (nSPS) is 11.4. The highest BCUT2D eigenvalue weighted by molar-refractivity contribution is 8.00. The third-order valence-electron chi connectivity index (χ3n) is 5.72. The Balaban J connectivity index is 1.56. The minimum atomic E-state index is -1.71. The lowest BCUT2D eigenvalue weighted by Gasteiger charge is -2.18. The number of methoxy groups -OCH3 is 2. The second-order valence-corrected chi connectivity index (χ2v) is 9.44. The third kappa shape index (κ3) is 6.20. The van der Waals surface area contributed by atoms with Gasteiger partial charge in [0.25, 0.3) is 5.91 Å². The van der Waals surface area contributed by atoms with E-state index in [0.29, 0.717) is 27.6 Å². The molecule has 0 radical (unpaired) electrons. The third-order valence-corrected chi connectivity index (χ3v) is 6.99. The molecule has 6 nitrogen and oxygen atoms in total. The molecule has 0 fully saturated rings. The molecule has 0 aliphatic carbocycles. The van der Waals surface area contributed by atoms with Crippen molar-refractivity contribution < 1.29 is 36.6 Å². The summed E-state index contributed by atoms with van der Waals surface area (Å²) >= 11 is 1.03. The average Bonchev–Trinajstić information content (AvgIpc) is 2.97. The van der Waals surface area contributed by atoms with Crippen molar-refractivity contribution in [3.63, 3.8) is 0 Å². The summed E-state index contributed by atoms with van der Waals surface area (Å²) in [6.45, 7) is 0. The lowest BCUT2D eigenvalue weighted by molar-refractivity contribution is -0.115. The van der Waals surface area contributed by atoms with Gasteiger partial charge in [-0.3, -0.25) is 9.59 Å². The molecular formula is C29H22F4N2O4S.